The summed E-state index contributed by atoms with van der Waals surface area (Å²) in [6.45, 7) is 3.62. The highest BCUT2D eigenvalue weighted by Crippen LogP contribution is 2.64. The van der Waals surface area contributed by atoms with Crippen molar-refractivity contribution in [2.45, 2.75) is 107 Å². The molecule has 0 radical (unpaired) electrons. The number of morpholine rings is 3. The van der Waals surface area contributed by atoms with Crippen molar-refractivity contribution in [3.63, 3.8) is 0 Å². The Hall–Kier alpha value is -15.6. The van der Waals surface area contributed by atoms with Crippen LogP contribution < -0.4 is 57.2 Å². The van der Waals surface area contributed by atoms with Gasteiger partial charge in [0.05, 0.1) is 80.0 Å². The number of nitrogens with zero attached hydrogens (tertiary/aromatic N) is 9. The molecule has 0 N–H and O–H groups in total. The molecule has 0 bridgehead atoms. The van der Waals surface area contributed by atoms with Crippen molar-refractivity contribution in [3.8, 4) is 82.0 Å². The Morgan fingerprint density at radius 1 is 0.370 bits per heavy atom. The summed E-state index contributed by atoms with van der Waals surface area (Å²) in [6.07, 6.45) is -1.09. The van der Waals surface area contributed by atoms with Crippen molar-refractivity contribution in [1.82, 2.24) is 28.7 Å². The second kappa shape index (κ2) is 33.2. The zero-order valence-corrected chi connectivity index (χ0v) is 78.6. The summed E-state index contributed by atoms with van der Waals surface area (Å²) >= 11 is 4.01. The molecular weight excluding hydrogens is 1970 g/mol. The normalized spacial score (nSPS) is 20.7. The Bertz CT molecular complexity index is 8230. The number of rotatable bonds is 11. The van der Waals surface area contributed by atoms with E-state index in [1.54, 1.807) is 55.1 Å². The molecule has 6 aliphatic carbocycles. The van der Waals surface area contributed by atoms with Crippen LogP contribution in [-0.2, 0) is 69.2 Å². The van der Waals surface area contributed by atoms with Gasteiger partial charge in [0.1, 0.15) is 49.2 Å². The van der Waals surface area contributed by atoms with Gasteiger partial charge in [0.2, 0.25) is 22.0 Å². The van der Waals surface area contributed by atoms with Crippen LogP contribution in [0.5, 0.6) is 17.2 Å². The molecule has 13 aliphatic rings. The Kier molecular flexibility index (Phi) is 20.6. The average Bonchev–Trinajstić information content (AvgIpc) is 1.54. The van der Waals surface area contributed by atoms with Crippen molar-refractivity contribution in [2.24, 2.45) is 0 Å². The number of pyridine rings is 3. The molecule has 15 aromatic rings. The zero-order chi connectivity index (χ0) is 100. The summed E-state index contributed by atoms with van der Waals surface area (Å²) in [5.41, 5.74) is 5.77. The molecule has 8 aromatic heterocycles. The van der Waals surface area contributed by atoms with Gasteiger partial charge in [-0.3, -0.25) is 57.8 Å². The predicted octanol–water partition coefficient (Wildman–Crippen LogP) is 16.8. The molecule has 28 rings (SSSR count). The van der Waals surface area contributed by atoms with Crippen molar-refractivity contribution in [1.29, 1.82) is 0 Å². The number of fused-ring (bicyclic) bond motifs is 13. The molecule has 738 valence electrons. The van der Waals surface area contributed by atoms with Crippen molar-refractivity contribution < 1.29 is 110 Å². The summed E-state index contributed by atoms with van der Waals surface area (Å²) in [6, 6.07) is 38.1. The number of amides is 3. The summed E-state index contributed by atoms with van der Waals surface area (Å²) in [4.78, 5) is 126. The molecular formula is C105H72F9N9O20S3. The number of cyclic esters (lactones) is 1. The number of ether oxygens (including phenoxy) is 7. The number of aromatic nitrogens is 3. The highest BCUT2D eigenvalue weighted by atomic mass is 32.1. The van der Waals surface area contributed by atoms with E-state index >= 15 is 39.5 Å². The minimum absolute atomic E-state index is 0.0462. The molecule has 3 fully saturated rings. The van der Waals surface area contributed by atoms with Crippen LogP contribution in [-0.4, -0.2) is 130 Å². The van der Waals surface area contributed by atoms with E-state index in [2.05, 4.69) is 0 Å². The SMILES string of the molecule is Cc1oc(=O)oc1COc1c2n(ccc1=O)N(C1c3ccccc3-c3scc4c3-c3c1ccc(F)c3C(F)(F)C4)C1COCCN1C2=O.Cc1oc(=O)oc1COc1c2n(ccc1=O)N([C@@H]1c3ccccc3-c3scc4c3-c3c1ccc(F)c3C(F)(F)C4)[C@@H]1COCCN1C2=O.O=C1OC(Oc2c3n(ccc2=O)N([C@@H]2c4ccccc4-c4scc5c4-c4c2ccc(F)c4C(F)(F)C5)[C@@H]2COCCN2C3=O)c2ccccc21. The third-order valence-corrected chi connectivity index (χ3v) is 32.3. The van der Waals surface area contributed by atoms with Gasteiger partial charge in [-0.05, 0) is 121 Å². The Morgan fingerprint density at radius 2 is 0.692 bits per heavy atom. The minimum atomic E-state index is -3.47. The minimum Gasteiger partial charge on any atom is -0.479 e. The maximum atomic E-state index is 15.9. The fourth-order valence-electron chi connectivity index (χ4n) is 23.0. The standard InChI is InChI=1S/C37H24F3N3O6S.2C34H24F3N3O7S/c38-24-10-9-23-28-27-18(15-37(39,40)29(24)28)17-50-33(27)20-6-2-1-5-19(20)30(23)43-26-16-47-14-13-41(26)34(45)31-32(25(44)11-12-42(31)43)48-36-22-8-4-3-7-21(22)35(46)49-36;2*1-16-23(47-33(43)46-16)13-45-30-22(41)8-9-39-29(30)32(42)38-10-11-44-14-24(38)40(39)28-18-4-2-3-5-19(18)31-25-17(15-48-31)12-34(36,37)27-21(35)7-6-20(28)26(25)27/h1-12,17,26,30,36H,13-16H2;2*2-9,15,24,28H,10-14H2,1H3/t26-,30-,36?;24-,28-;/m11./s1. The van der Waals surface area contributed by atoms with Gasteiger partial charge in [0, 0.05) is 129 Å². The number of aryl methyl sites for hydroxylation is 2. The van der Waals surface area contributed by atoms with Crippen molar-refractivity contribution >= 4 is 57.7 Å². The predicted molar refractivity (Wildman–Crippen MR) is 505 cm³/mol. The monoisotopic (exact) mass is 2050 g/mol. The van der Waals surface area contributed by atoms with E-state index in [4.69, 9.17) is 50.8 Å². The topological polar surface area (TPSA) is 305 Å². The Morgan fingerprint density at radius 3 is 1.03 bits per heavy atom. The second-order valence-corrected chi connectivity index (χ2v) is 39.6. The first-order chi connectivity index (χ1) is 70.5. The van der Waals surface area contributed by atoms with Gasteiger partial charge < -0.3 is 65.5 Å². The van der Waals surface area contributed by atoms with E-state index in [1.807, 2.05) is 87.8 Å². The van der Waals surface area contributed by atoms with Gasteiger partial charge in [0.15, 0.2) is 51.6 Å². The number of hydrogen-bond acceptors (Lipinski definition) is 26. The molecule has 3 amide bonds. The van der Waals surface area contributed by atoms with Gasteiger partial charge in [-0.1, -0.05) is 109 Å². The summed E-state index contributed by atoms with van der Waals surface area (Å²) in [5.74, 6) is -17.9. The Balaban J connectivity index is 0.000000111. The number of benzene rings is 7. The van der Waals surface area contributed by atoms with Crippen LogP contribution >= 0.6 is 34.0 Å². The first-order valence-electron chi connectivity index (χ1n) is 46.4. The summed E-state index contributed by atoms with van der Waals surface area (Å²) in [7, 11) is 0. The largest absolute Gasteiger partial charge is 0.519 e. The highest BCUT2D eigenvalue weighted by molar-refractivity contribution is 7.15. The number of thiophene rings is 3. The van der Waals surface area contributed by atoms with Crippen LogP contribution in [0.25, 0.3) is 64.7 Å². The number of alkyl halides is 6. The van der Waals surface area contributed by atoms with E-state index in [-0.39, 0.29) is 152 Å². The van der Waals surface area contributed by atoms with E-state index in [0.29, 0.717) is 55.6 Å². The Labute approximate surface area is 828 Å². The second-order valence-electron chi connectivity index (χ2n) is 37.0. The van der Waals surface area contributed by atoms with Gasteiger partial charge >= 0.3 is 17.6 Å². The lowest BCUT2D eigenvalue weighted by atomic mass is 9.80. The van der Waals surface area contributed by atoms with Gasteiger partial charge in [0.25, 0.3) is 41.8 Å². The van der Waals surface area contributed by atoms with Crippen LogP contribution in [0.2, 0.25) is 0 Å². The first kappa shape index (κ1) is 90.5. The molecule has 7 atom stereocenters. The molecule has 15 heterocycles. The van der Waals surface area contributed by atoms with Crippen LogP contribution in [0.15, 0.2) is 228 Å². The smallest absolute Gasteiger partial charge is 0.479 e. The molecule has 0 spiro atoms. The van der Waals surface area contributed by atoms with Crippen molar-refractivity contribution in [2.75, 3.05) is 74.3 Å². The van der Waals surface area contributed by atoms with Gasteiger partial charge in [-0.2, -0.15) is 0 Å². The van der Waals surface area contributed by atoms with Crippen LogP contribution in [0, 0.1) is 31.3 Å². The number of carbonyl (C=O) groups is 4. The van der Waals surface area contributed by atoms with Crippen LogP contribution in [0.3, 0.4) is 0 Å². The van der Waals surface area contributed by atoms with Gasteiger partial charge in [-0.15, -0.1) is 34.0 Å². The lowest BCUT2D eigenvalue weighted by Gasteiger charge is -2.51. The molecule has 146 heavy (non-hydrogen) atoms. The number of esters is 1. The maximum Gasteiger partial charge on any atom is 0.519 e. The maximum absolute atomic E-state index is 15.9. The van der Waals surface area contributed by atoms with Gasteiger partial charge in [-0.25, -0.2) is 53.9 Å². The quantitative estimate of drug-likeness (QED) is 0.0858. The van der Waals surface area contributed by atoms with Crippen molar-refractivity contribution in [3.05, 3.63) is 374 Å². The van der Waals surface area contributed by atoms with E-state index in [9.17, 15) is 43.2 Å². The lowest BCUT2D eigenvalue weighted by Crippen LogP contribution is -2.66. The molecule has 7 aliphatic heterocycles. The molecule has 41 heteroatoms. The zero-order valence-electron chi connectivity index (χ0n) is 76.2. The molecule has 0 saturated carbocycles. The summed E-state index contributed by atoms with van der Waals surface area (Å²) in [5, 5.41) is 10.6. The van der Waals surface area contributed by atoms with E-state index in [1.165, 1.54) is 117 Å². The molecule has 7 aromatic carbocycles. The lowest BCUT2D eigenvalue weighted by molar-refractivity contribution is -0.0418. The average molecular weight is 2050 g/mol. The van der Waals surface area contributed by atoms with E-state index in [0.717, 1.165) is 66.2 Å². The van der Waals surface area contributed by atoms with E-state index < -0.39 is 166 Å². The molecule has 3 unspecified atom stereocenters. The fraction of sp³-hybridized carbons (Fsp3) is 0.248. The number of halogens is 9. The van der Waals surface area contributed by atoms with Crippen LogP contribution in [0.1, 0.15) is 162 Å². The first-order valence-corrected chi connectivity index (χ1v) is 49.1. The fourth-order valence-corrected chi connectivity index (χ4v) is 26.4. The highest BCUT2D eigenvalue weighted by Gasteiger charge is 2.57. The number of hydrogen-bond donors (Lipinski definition) is 0. The molecule has 29 nitrogen and oxygen atoms in total. The third kappa shape index (κ3) is 13.5. The van der Waals surface area contributed by atoms with Crippen LogP contribution in [0.4, 0.5) is 39.5 Å². The third-order valence-electron chi connectivity index (χ3n) is 29.1. The number of carbonyl (C=O) groups excluding carboxylic acids is 4. The molecule has 3 saturated heterocycles. The summed E-state index contributed by atoms with van der Waals surface area (Å²) < 4.78 is 208.